The summed E-state index contributed by atoms with van der Waals surface area (Å²) in [6, 6.07) is 15.3. The number of amides is 2. The summed E-state index contributed by atoms with van der Waals surface area (Å²) in [5.41, 5.74) is 1.84. The van der Waals surface area contributed by atoms with Gasteiger partial charge in [0.2, 0.25) is 11.8 Å². The summed E-state index contributed by atoms with van der Waals surface area (Å²) in [6.07, 6.45) is 0.158. The first-order valence-electron chi connectivity index (χ1n) is 7.64. The van der Waals surface area contributed by atoms with Gasteiger partial charge in [-0.15, -0.1) is 11.8 Å². The maximum atomic E-state index is 12.3. The number of anilines is 1. The SMILES string of the molecule is C[C@@H](NC(=O)C[C@H]1Sc2ccccc2NC1=O)c1ccc(Br)cc1. The van der Waals surface area contributed by atoms with E-state index < -0.39 is 5.25 Å². The Bertz CT molecular complexity index is 764. The number of carbonyl (C=O) groups is 2. The predicted octanol–water partition coefficient (Wildman–Crippen LogP) is 4.13. The highest BCUT2D eigenvalue weighted by Gasteiger charge is 2.29. The Kier molecular flexibility index (Phi) is 5.26. The second-order valence-electron chi connectivity index (χ2n) is 5.64. The summed E-state index contributed by atoms with van der Waals surface area (Å²) in [6.45, 7) is 1.94. The highest BCUT2D eigenvalue weighted by molar-refractivity contribution is 9.10. The fraction of sp³-hybridized carbons (Fsp3) is 0.222. The van der Waals surface area contributed by atoms with Crippen LogP contribution in [0.2, 0.25) is 0 Å². The third kappa shape index (κ3) is 3.99. The molecule has 6 heteroatoms. The van der Waals surface area contributed by atoms with Crippen LogP contribution >= 0.6 is 27.7 Å². The number of nitrogens with one attached hydrogen (secondary N) is 2. The van der Waals surface area contributed by atoms with E-state index in [1.54, 1.807) is 0 Å². The minimum absolute atomic E-state index is 0.102. The van der Waals surface area contributed by atoms with Crippen molar-refractivity contribution in [1.29, 1.82) is 0 Å². The molecule has 2 N–H and O–H groups in total. The molecule has 2 atom stereocenters. The molecule has 0 bridgehead atoms. The van der Waals surface area contributed by atoms with Gasteiger partial charge in [0, 0.05) is 15.8 Å². The van der Waals surface area contributed by atoms with Crippen LogP contribution in [-0.4, -0.2) is 17.1 Å². The van der Waals surface area contributed by atoms with Crippen molar-refractivity contribution < 1.29 is 9.59 Å². The van der Waals surface area contributed by atoms with Gasteiger partial charge in [-0.2, -0.15) is 0 Å². The van der Waals surface area contributed by atoms with Crippen molar-refractivity contribution in [2.75, 3.05) is 5.32 Å². The maximum Gasteiger partial charge on any atom is 0.238 e. The number of rotatable bonds is 4. The Morgan fingerprint density at radius 3 is 2.71 bits per heavy atom. The standard InChI is InChI=1S/C18H17BrN2O2S/c1-11(12-6-8-13(19)9-7-12)20-17(22)10-16-18(23)21-14-4-2-3-5-15(14)24-16/h2-9,11,16H,10H2,1H3,(H,20,22)(H,21,23)/t11-,16-/m1/s1. The molecule has 0 saturated carbocycles. The minimum Gasteiger partial charge on any atom is -0.350 e. The van der Waals surface area contributed by atoms with Crippen LogP contribution in [0.4, 0.5) is 5.69 Å². The lowest BCUT2D eigenvalue weighted by Crippen LogP contribution is -2.35. The summed E-state index contributed by atoms with van der Waals surface area (Å²) >= 11 is 4.84. The normalized spacial score (nSPS) is 17.6. The summed E-state index contributed by atoms with van der Waals surface area (Å²) in [5, 5.41) is 5.42. The lowest BCUT2D eigenvalue weighted by atomic mass is 10.1. The molecule has 2 amide bonds. The van der Waals surface area contributed by atoms with Gasteiger partial charge in [0.25, 0.3) is 0 Å². The van der Waals surface area contributed by atoms with Crippen molar-refractivity contribution in [2.24, 2.45) is 0 Å². The number of thioether (sulfide) groups is 1. The molecule has 1 aliphatic rings. The number of carbonyl (C=O) groups excluding carboxylic acids is 2. The molecule has 0 saturated heterocycles. The number of hydrogen-bond acceptors (Lipinski definition) is 3. The highest BCUT2D eigenvalue weighted by Crippen LogP contribution is 2.36. The van der Waals surface area contributed by atoms with Gasteiger partial charge in [0.05, 0.1) is 17.0 Å². The topological polar surface area (TPSA) is 58.2 Å². The molecule has 2 aromatic carbocycles. The van der Waals surface area contributed by atoms with E-state index in [1.807, 2.05) is 55.5 Å². The monoisotopic (exact) mass is 404 g/mol. The quantitative estimate of drug-likeness (QED) is 0.804. The van der Waals surface area contributed by atoms with Crippen LogP contribution in [0.15, 0.2) is 57.9 Å². The van der Waals surface area contributed by atoms with Crippen LogP contribution in [0.3, 0.4) is 0 Å². The van der Waals surface area contributed by atoms with Gasteiger partial charge in [0.1, 0.15) is 0 Å². The van der Waals surface area contributed by atoms with Gasteiger partial charge in [-0.05, 0) is 36.8 Å². The maximum absolute atomic E-state index is 12.3. The van der Waals surface area contributed by atoms with Crippen LogP contribution in [0.25, 0.3) is 0 Å². The number of hydrogen-bond donors (Lipinski definition) is 2. The second-order valence-corrected chi connectivity index (χ2v) is 7.80. The average Bonchev–Trinajstić information content (AvgIpc) is 2.56. The summed E-state index contributed by atoms with van der Waals surface area (Å²) < 4.78 is 0.999. The smallest absolute Gasteiger partial charge is 0.238 e. The van der Waals surface area contributed by atoms with E-state index in [4.69, 9.17) is 0 Å². The van der Waals surface area contributed by atoms with Gasteiger partial charge < -0.3 is 10.6 Å². The molecule has 2 aromatic rings. The van der Waals surface area contributed by atoms with Crippen molar-refractivity contribution in [3.8, 4) is 0 Å². The average molecular weight is 405 g/mol. The van der Waals surface area contributed by atoms with Crippen LogP contribution in [0.5, 0.6) is 0 Å². The number of benzene rings is 2. The molecule has 124 valence electrons. The molecule has 24 heavy (non-hydrogen) atoms. The Balaban J connectivity index is 1.61. The molecular weight excluding hydrogens is 388 g/mol. The van der Waals surface area contributed by atoms with Crippen molar-refractivity contribution in [3.63, 3.8) is 0 Å². The zero-order chi connectivity index (χ0) is 17.1. The molecule has 1 heterocycles. The fourth-order valence-corrected chi connectivity index (χ4v) is 3.91. The van der Waals surface area contributed by atoms with E-state index in [-0.39, 0.29) is 24.3 Å². The second kappa shape index (κ2) is 7.40. The van der Waals surface area contributed by atoms with Gasteiger partial charge >= 0.3 is 0 Å². The summed E-state index contributed by atoms with van der Waals surface area (Å²) in [5.74, 6) is -0.248. The molecule has 0 aromatic heterocycles. The fourth-order valence-electron chi connectivity index (χ4n) is 2.53. The lowest BCUT2D eigenvalue weighted by Gasteiger charge is -2.24. The minimum atomic E-state index is -0.406. The van der Waals surface area contributed by atoms with Crippen LogP contribution in [-0.2, 0) is 9.59 Å². The Morgan fingerprint density at radius 2 is 1.96 bits per heavy atom. The van der Waals surface area contributed by atoms with Crippen molar-refractivity contribution >= 4 is 45.2 Å². The first kappa shape index (κ1) is 17.0. The van der Waals surface area contributed by atoms with Gasteiger partial charge in [0.15, 0.2) is 0 Å². The van der Waals surface area contributed by atoms with E-state index in [1.165, 1.54) is 11.8 Å². The number of halogens is 1. The van der Waals surface area contributed by atoms with E-state index in [0.29, 0.717) is 0 Å². The molecule has 3 rings (SSSR count). The third-order valence-corrected chi connectivity index (χ3v) is 5.63. The van der Waals surface area contributed by atoms with Crippen molar-refractivity contribution in [1.82, 2.24) is 5.32 Å². The predicted molar refractivity (Wildman–Crippen MR) is 100 cm³/mol. The molecule has 0 radical (unpaired) electrons. The molecule has 1 aliphatic heterocycles. The molecule has 4 nitrogen and oxygen atoms in total. The van der Waals surface area contributed by atoms with Crippen LogP contribution in [0.1, 0.15) is 24.9 Å². The lowest BCUT2D eigenvalue weighted by molar-refractivity contribution is -0.124. The Hall–Kier alpha value is -1.79. The van der Waals surface area contributed by atoms with Crippen molar-refractivity contribution in [3.05, 3.63) is 58.6 Å². The summed E-state index contributed by atoms with van der Waals surface area (Å²) in [7, 11) is 0. The number of para-hydroxylation sites is 1. The van der Waals surface area contributed by atoms with Crippen LogP contribution < -0.4 is 10.6 Å². The molecule has 0 spiro atoms. The Morgan fingerprint density at radius 1 is 1.25 bits per heavy atom. The van der Waals surface area contributed by atoms with Gasteiger partial charge in [-0.1, -0.05) is 40.2 Å². The van der Waals surface area contributed by atoms with Crippen LogP contribution in [0, 0.1) is 0 Å². The molecule has 0 unspecified atom stereocenters. The first-order chi connectivity index (χ1) is 11.5. The largest absolute Gasteiger partial charge is 0.350 e. The zero-order valence-corrected chi connectivity index (χ0v) is 15.5. The van der Waals surface area contributed by atoms with Gasteiger partial charge in [-0.3, -0.25) is 9.59 Å². The van der Waals surface area contributed by atoms with E-state index in [2.05, 4.69) is 26.6 Å². The highest BCUT2D eigenvalue weighted by atomic mass is 79.9. The molecule has 0 fully saturated rings. The van der Waals surface area contributed by atoms with Crippen molar-refractivity contribution in [2.45, 2.75) is 29.5 Å². The number of fused-ring (bicyclic) bond motifs is 1. The zero-order valence-electron chi connectivity index (χ0n) is 13.1. The summed E-state index contributed by atoms with van der Waals surface area (Å²) in [4.78, 5) is 25.5. The Labute approximate surface area is 153 Å². The molecule has 0 aliphatic carbocycles. The van der Waals surface area contributed by atoms with E-state index in [9.17, 15) is 9.59 Å². The third-order valence-electron chi connectivity index (χ3n) is 3.82. The van der Waals surface area contributed by atoms with E-state index >= 15 is 0 Å². The first-order valence-corrected chi connectivity index (χ1v) is 9.31. The molecular formula is C18H17BrN2O2S. The van der Waals surface area contributed by atoms with Gasteiger partial charge in [-0.25, -0.2) is 0 Å². The van der Waals surface area contributed by atoms with E-state index in [0.717, 1.165) is 20.6 Å².